The normalized spacial score (nSPS) is 11.1. The summed E-state index contributed by atoms with van der Waals surface area (Å²) >= 11 is 0. The standard InChI is InChI=1S/C17H16FN3O3S/c1-21(25(23,24)16-7-5-15(18)6-8-16)12-17(22)20-11-14-4-2-3-13(9-14)10-19/h2-9H,11-12H2,1H3,(H,20,22). The maximum absolute atomic E-state index is 12.9. The lowest BCUT2D eigenvalue weighted by Gasteiger charge is -2.17. The van der Waals surface area contributed by atoms with Crippen molar-refractivity contribution in [3.8, 4) is 6.07 Å². The predicted octanol–water partition coefficient (Wildman–Crippen LogP) is 1.63. The smallest absolute Gasteiger partial charge is 0.243 e. The second-order valence-corrected chi connectivity index (χ2v) is 7.35. The number of nitrogens with one attached hydrogen (secondary N) is 1. The third kappa shape index (κ3) is 4.86. The topological polar surface area (TPSA) is 90.3 Å². The number of sulfonamides is 1. The van der Waals surface area contributed by atoms with Crippen molar-refractivity contribution in [1.82, 2.24) is 9.62 Å². The van der Waals surface area contributed by atoms with Crippen LogP contribution in [0.2, 0.25) is 0 Å². The maximum atomic E-state index is 12.9. The van der Waals surface area contributed by atoms with Crippen LogP contribution in [-0.4, -0.2) is 32.2 Å². The minimum atomic E-state index is -3.88. The minimum Gasteiger partial charge on any atom is -0.351 e. The van der Waals surface area contributed by atoms with Gasteiger partial charge in [-0.15, -0.1) is 0 Å². The zero-order valence-corrected chi connectivity index (χ0v) is 14.3. The van der Waals surface area contributed by atoms with Crippen molar-refractivity contribution in [2.24, 2.45) is 0 Å². The summed E-state index contributed by atoms with van der Waals surface area (Å²) in [6.07, 6.45) is 0. The highest BCUT2D eigenvalue weighted by Crippen LogP contribution is 2.14. The van der Waals surface area contributed by atoms with Crippen LogP contribution in [0.15, 0.2) is 53.4 Å². The van der Waals surface area contributed by atoms with Gasteiger partial charge >= 0.3 is 0 Å². The van der Waals surface area contributed by atoms with Gasteiger partial charge in [0, 0.05) is 13.6 Å². The van der Waals surface area contributed by atoms with Crippen LogP contribution in [0.4, 0.5) is 4.39 Å². The van der Waals surface area contributed by atoms with E-state index in [0.29, 0.717) is 5.56 Å². The van der Waals surface area contributed by atoms with Gasteiger partial charge < -0.3 is 5.32 Å². The van der Waals surface area contributed by atoms with E-state index in [4.69, 9.17) is 5.26 Å². The van der Waals surface area contributed by atoms with Gasteiger partial charge in [-0.1, -0.05) is 12.1 Å². The van der Waals surface area contributed by atoms with E-state index in [2.05, 4.69) is 5.32 Å². The third-order valence-corrected chi connectivity index (χ3v) is 5.25. The summed E-state index contributed by atoms with van der Waals surface area (Å²) in [5, 5.41) is 11.4. The fourth-order valence-corrected chi connectivity index (χ4v) is 3.21. The highest BCUT2D eigenvalue weighted by molar-refractivity contribution is 7.89. The van der Waals surface area contributed by atoms with Gasteiger partial charge in [-0.2, -0.15) is 9.57 Å². The molecule has 0 saturated carbocycles. The van der Waals surface area contributed by atoms with Crippen LogP contribution in [0.5, 0.6) is 0 Å². The highest BCUT2D eigenvalue weighted by Gasteiger charge is 2.22. The molecule has 8 heteroatoms. The fourth-order valence-electron chi connectivity index (χ4n) is 2.08. The molecule has 25 heavy (non-hydrogen) atoms. The second-order valence-electron chi connectivity index (χ2n) is 5.30. The van der Waals surface area contributed by atoms with Gasteiger partial charge in [0.25, 0.3) is 0 Å². The van der Waals surface area contributed by atoms with Crippen LogP contribution in [0.25, 0.3) is 0 Å². The number of likely N-dealkylation sites (N-methyl/N-ethyl adjacent to an activating group) is 1. The average molecular weight is 361 g/mol. The molecule has 1 amide bonds. The Morgan fingerprint density at radius 3 is 2.56 bits per heavy atom. The Bertz CT molecular complexity index is 905. The Labute approximate surface area is 145 Å². The van der Waals surface area contributed by atoms with Crippen molar-refractivity contribution in [3.63, 3.8) is 0 Å². The minimum absolute atomic E-state index is 0.0917. The molecule has 0 saturated heterocycles. The molecule has 130 valence electrons. The number of amides is 1. The lowest BCUT2D eigenvalue weighted by molar-refractivity contribution is -0.121. The van der Waals surface area contributed by atoms with Crippen LogP contribution in [0, 0.1) is 17.1 Å². The molecule has 0 atom stereocenters. The van der Waals surface area contributed by atoms with Gasteiger partial charge in [0.05, 0.1) is 23.1 Å². The van der Waals surface area contributed by atoms with E-state index in [1.165, 1.54) is 7.05 Å². The van der Waals surface area contributed by atoms with Crippen LogP contribution >= 0.6 is 0 Å². The summed E-state index contributed by atoms with van der Waals surface area (Å²) in [5.41, 5.74) is 1.21. The average Bonchev–Trinajstić information content (AvgIpc) is 2.60. The molecule has 1 N–H and O–H groups in total. The van der Waals surface area contributed by atoms with E-state index >= 15 is 0 Å². The van der Waals surface area contributed by atoms with Crippen molar-refractivity contribution in [2.75, 3.05) is 13.6 Å². The molecule has 0 aliphatic heterocycles. The van der Waals surface area contributed by atoms with Crippen LogP contribution in [-0.2, 0) is 21.4 Å². The lowest BCUT2D eigenvalue weighted by atomic mass is 10.1. The number of carbonyl (C=O) groups is 1. The number of halogens is 1. The van der Waals surface area contributed by atoms with E-state index in [1.54, 1.807) is 24.3 Å². The van der Waals surface area contributed by atoms with Gasteiger partial charge in [0.1, 0.15) is 5.82 Å². The molecule has 0 heterocycles. The maximum Gasteiger partial charge on any atom is 0.243 e. The summed E-state index contributed by atoms with van der Waals surface area (Å²) in [4.78, 5) is 11.9. The molecule has 0 radical (unpaired) electrons. The first-order chi connectivity index (χ1) is 11.8. The Hall–Kier alpha value is -2.76. The van der Waals surface area contributed by atoms with Gasteiger partial charge in [-0.3, -0.25) is 4.79 Å². The van der Waals surface area contributed by atoms with E-state index < -0.39 is 21.7 Å². The SMILES string of the molecule is CN(CC(=O)NCc1cccc(C#N)c1)S(=O)(=O)c1ccc(F)cc1. The third-order valence-electron chi connectivity index (χ3n) is 3.43. The van der Waals surface area contributed by atoms with Crippen molar-refractivity contribution < 1.29 is 17.6 Å². The molecule has 0 spiro atoms. The lowest BCUT2D eigenvalue weighted by Crippen LogP contribution is -2.38. The molecule has 2 aromatic carbocycles. The van der Waals surface area contributed by atoms with E-state index in [0.717, 1.165) is 34.1 Å². The molecule has 0 aliphatic rings. The summed E-state index contributed by atoms with van der Waals surface area (Å²) in [5.74, 6) is -1.03. The summed E-state index contributed by atoms with van der Waals surface area (Å²) in [7, 11) is -2.61. The van der Waals surface area contributed by atoms with Crippen LogP contribution < -0.4 is 5.32 Å². The van der Waals surface area contributed by atoms with Crippen molar-refractivity contribution in [3.05, 3.63) is 65.5 Å². The van der Waals surface area contributed by atoms with Gasteiger partial charge in [-0.25, -0.2) is 12.8 Å². The van der Waals surface area contributed by atoms with Crippen molar-refractivity contribution in [2.45, 2.75) is 11.4 Å². The van der Waals surface area contributed by atoms with Crippen LogP contribution in [0.3, 0.4) is 0 Å². The first kappa shape index (κ1) is 18.6. The number of benzene rings is 2. The summed E-state index contributed by atoms with van der Waals surface area (Å²) in [6, 6.07) is 13.1. The first-order valence-electron chi connectivity index (χ1n) is 7.30. The molecular weight excluding hydrogens is 345 g/mol. The fraction of sp³-hybridized carbons (Fsp3) is 0.176. The van der Waals surface area contributed by atoms with Gasteiger partial charge in [0.2, 0.25) is 15.9 Å². The van der Waals surface area contributed by atoms with Gasteiger partial charge in [-0.05, 0) is 42.0 Å². The number of hydrogen-bond acceptors (Lipinski definition) is 4. The van der Waals surface area contributed by atoms with Gasteiger partial charge in [0.15, 0.2) is 0 Å². The summed E-state index contributed by atoms with van der Waals surface area (Å²) in [6.45, 7) is -0.198. The monoisotopic (exact) mass is 361 g/mol. The quantitative estimate of drug-likeness (QED) is 0.847. The molecule has 2 aromatic rings. The predicted molar refractivity (Wildman–Crippen MR) is 89.2 cm³/mol. The summed E-state index contributed by atoms with van der Waals surface area (Å²) < 4.78 is 38.4. The van der Waals surface area contributed by atoms with E-state index in [-0.39, 0.29) is 18.0 Å². The number of nitrogens with zero attached hydrogens (tertiary/aromatic N) is 2. The van der Waals surface area contributed by atoms with E-state index in [1.807, 2.05) is 6.07 Å². The van der Waals surface area contributed by atoms with Crippen molar-refractivity contribution in [1.29, 1.82) is 5.26 Å². The largest absolute Gasteiger partial charge is 0.351 e. The zero-order chi connectivity index (χ0) is 18.4. The molecule has 2 rings (SSSR count). The van der Waals surface area contributed by atoms with Crippen molar-refractivity contribution >= 4 is 15.9 Å². The Kier molecular flexibility index (Phi) is 5.85. The molecule has 0 bridgehead atoms. The molecule has 0 fully saturated rings. The number of rotatable bonds is 6. The molecule has 6 nitrogen and oxygen atoms in total. The number of hydrogen-bond donors (Lipinski definition) is 1. The molecular formula is C17H16FN3O3S. The Balaban J connectivity index is 1.97. The second kappa shape index (κ2) is 7.88. The van der Waals surface area contributed by atoms with E-state index in [9.17, 15) is 17.6 Å². The molecule has 0 unspecified atom stereocenters. The molecule has 0 aromatic heterocycles. The number of nitriles is 1. The first-order valence-corrected chi connectivity index (χ1v) is 8.74. The Morgan fingerprint density at radius 1 is 1.24 bits per heavy atom. The molecule has 0 aliphatic carbocycles. The zero-order valence-electron chi connectivity index (χ0n) is 13.4. The van der Waals surface area contributed by atoms with Crippen LogP contribution in [0.1, 0.15) is 11.1 Å². The number of carbonyl (C=O) groups excluding carboxylic acids is 1. The highest BCUT2D eigenvalue weighted by atomic mass is 32.2. The Morgan fingerprint density at radius 2 is 1.92 bits per heavy atom.